The zero-order valence-electron chi connectivity index (χ0n) is 19.7. The Kier molecular flexibility index (Phi) is 6.91. The fourth-order valence-electron chi connectivity index (χ4n) is 4.98. The number of carboxylic acid groups (broad SMARTS) is 1. The van der Waals surface area contributed by atoms with Crippen molar-refractivity contribution >= 4 is 23.5 Å². The molecule has 12 heteroatoms. The summed E-state index contributed by atoms with van der Waals surface area (Å²) in [4.78, 5) is 25.9. The highest BCUT2D eigenvalue weighted by Crippen LogP contribution is 2.44. The number of halogens is 1. The quantitative estimate of drug-likeness (QED) is 0.433. The zero-order chi connectivity index (χ0) is 25.9. The number of amides is 2. The molecule has 36 heavy (non-hydrogen) atoms. The number of benzene rings is 1. The van der Waals surface area contributed by atoms with Crippen molar-refractivity contribution in [2.75, 3.05) is 11.9 Å². The topological polar surface area (TPSA) is 155 Å². The monoisotopic (exact) mass is 494 g/mol. The number of nitriles is 1. The first-order chi connectivity index (χ1) is 17.2. The summed E-state index contributed by atoms with van der Waals surface area (Å²) < 4.78 is 16.6. The van der Waals surface area contributed by atoms with E-state index in [1.54, 1.807) is 17.8 Å². The largest absolute Gasteiger partial charge is 0.465 e. The van der Waals surface area contributed by atoms with Gasteiger partial charge in [-0.2, -0.15) is 15.5 Å². The number of carbonyl (C=O) groups excluding carboxylic acids is 1. The van der Waals surface area contributed by atoms with Crippen LogP contribution in [0.25, 0.3) is 0 Å². The molecule has 2 aromatic heterocycles. The number of nitrogens with two attached hydrogens (primary N) is 1. The number of carbonyl (C=O) groups is 2. The predicted octanol–water partition coefficient (Wildman–Crippen LogP) is 3.36. The number of nitrogens with zero attached hydrogens (tertiary/aromatic N) is 6. The molecule has 0 bridgehead atoms. The molecular weight excluding hydrogens is 467 g/mol. The van der Waals surface area contributed by atoms with Crippen molar-refractivity contribution < 1.29 is 19.1 Å². The fraction of sp³-hybridized carbons (Fsp3) is 0.375. The second-order valence-electron chi connectivity index (χ2n) is 9.00. The second-order valence-corrected chi connectivity index (χ2v) is 9.00. The molecule has 0 spiro atoms. The number of hydrogen-bond acceptors (Lipinski definition) is 6. The molecule has 0 radical (unpaired) electrons. The number of likely N-dealkylation sites (tertiary alicyclic amines) is 1. The molecule has 188 valence electrons. The molecule has 1 aliphatic heterocycles. The normalized spacial score (nSPS) is 21.6. The van der Waals surface area contributed by atoms with Gasteiger partial charge in [0.05, 0.1) is 23.6 Å². The SMILES string of the molecule is CC1(CCCn2cccn2)[C@@H](n2cc(C(N)=O)c(Nc3ccc(F)cc3)n2)[C@H](C#N)CCN1C(=O)O. The van der Waals surface area contributed by atoms with Gasteiger partial charge in [0, 0.05) is 37.4 Å². The molecule has 1 aromatic carbocycles. The molecule has 3 heterocycles. The molecule has 0 aliphatic carbocycles. The number of aromatic nitrogens is 4. The minimum absolute atomic E-state index is 0.0716. The number of primary amides is 1. The van der Waals surface area contributed by atoms with Gasteiger partial charge in [-0.1, -0.05) is 0 Å². The van der Waals surface area contributed by atoms with Crippen LogP contribution in [0.4, 0.5) is 20.7 Å². The summed E-state index contributed by atoms with van der Waals surface area (Å²) >= 11 is 0. The Morgan fingerprint density at radius 3 is 2.72 bits per heavy atom. The molecule has 1 unspecified atom stereocenters. The average molecular weight is 495 g/mol. The van der Waals surface area contributed by atoms with E-state index in [9.17, 15) is 24.3 Å². The minimum Gasteiger partial charge on any atom is -0.465 e. The highest BCUT2D eigenvalue weighted by atomic mass is 19.1. The summed E-state index contributed by atoms with van der Waals surface area (Å²) in [5.41, 5.74) is 5.16. The lowest BCUT2D eigenvalue weighted by Crippen LogP contribution is -2.60. The molecule has 4 N–H and O–H groups in total. The van der Waals surface area contributed by atoms with Crippen LogP contribution in [0.15, 0.2) is 48.9 Å². The number of nitrogens with one attached hydrogen (secondary N) is 1. The third kappa shape index (κ3) is 4.86. The van der Waals surface area contributed by atoms with Crippen LogP contribution in [0.1, 0.15) is 42.6 Å². The van der Waals surface area contributed by atoms with Crippen LogP contribution in [0.2, 0.25) is 0 Å². The molecule has 1 aliphatic rings. The van der Waals surface area contributed by atoms with Crippen LogP contribution in [0.3, 0.4) is 0 Å². The highest BCUT2D eigenvalue weighted by Gasteiger charge is 2.51. The molecule has 4 rings (SSSR count). The number of aryl methyl sites for hydroxylation is 1. The smallest absolute Gasteiger partial charge is 0.407 e. The molecule has 0 saturated carbocycles. The molecule has 3 atom stereocenters. The molecular formula is C24H27FN8O3. The van der Waals surface area contributed by atoms with E-state index >= 15 is 0 Å². The van der Waals surface area contributed by atoms with E-state index in [-0.39, 0.29) is 17.9 Å². The number of hydrogen-bond donors (Lipinski definition) is 3. The lowest BCUT2D eigenvalue weighted by atomic mass is 9.74. The first kappa shape index (κ1) is 24.7. The summed E-state index contributed by atoms with van der Waals surface area (Å²) in [5, 5.41) is 31.7. The van der Waals surface area contributed by atoms with Crippen LogP contribution < -0.4 is 11.1 Å². The van der Waals surface area contributed by atoms with Gasteiger partial charge in [-0.25, -0.2) is 9.18 Å². The van der Waals surface area contributed by atoms with Gasteiger partial charge in [-0.15, -0.1) is 0 Å². The van der Waals surface area contributed by atoms with Gasteiger partial charge in [0.15, 0.2) is 5.82 Å². The Balaban J connectivity index is 1.72. The van der Waals surface area contributed by atoms with Gasteiger partial charge in [0.1, 0.15) is 11.4 Å². The Morgan fingerprint density at radius 2 is 2.11 bits per heavy atom. The van der Waals surface area contributed by atoms with Gasteiger partial charge in [0.2, 0.25) is 0 Å². The lowest BCUT2D eigenvalue weighted by Gasteiger charge is -2.50. The second kappa shape index (κ2) is 10.1. The minimum atomic E-state index is -1.09. The number of rotatable bonds is 8. The van der Waals surface area contributed by atoms with Gasteiger partial charge >= 0.3 is 6.09 Å². The molecule has 11 nitrogen and oxygen atoms in total. The van der Waals surface area contributed by atoms with E-state index in [4.69, 9.17) is 5.73 Å². The molecule has 3 aromatic rings. The summed E-state index contributed by atoms with van der Waals surface area (Å²) in [6.07, 6.45) is 5.19. The van der Waals surface area contributed by atoms with Crippen LogP contribution >= 0.6 is 0 Å². The van der Waals surface area contributed by atoms with Gasteiger partial charge in [-0.3, -0.25) is 14.2 Å². The molecule has 2 amide bonds. The maximum Gasteiger partial charge on any atom is 0.407 e. The van der Waals surface area contributed by atoms with E-state index in [0.29, 0.717) is 31.5 Å². The number of piperidine rings is 1. The van der Waals surface area contributed by atoms with Crippen molar-refractivity contribution in [2.45, 2.75) is 44.3 Å². The third-order valence-electron chi connectivity index (χ3n) is 6.71. The van der Waals surface area contributed by atoms with Crippen LogP contribution in [-0.2, 0) is 6.54 Å². The summed E-state index contributed by atoms with van der Waals surface area (Å²) in [5.74, 6) is -1.59. The molecule has 1 fully saturated rings. The van der Waals surface area contributed by atoms with Crippen molar-refractivity contribution in [3.05, 3.63) is 60.3 Å². The van der Waals surface area contributed by atoms with Crippen LogP contribution in [-0.4, -0.2) is 53.7 Å². The Hall–Kier alpha value is -4.40. The summed E-state index contributed by atoms with van der Waals surface area (Å²) in [6.45, 7) is 2.58. The summed E-state index contributed by atoms with van der Waals surface area (Å²) in [7, 11) is 0. The van der Waals surface area contributed by atoms with E-state index in [1.807, 2.05) is 12.3 Å². The summed E-state index contributed by atoms with van der Waals surface area (Å²) in [6, 6.07) is 8.93. The fourth-order valence-corrected chi connectivity index (χ4v) is 4.98. The van der Waals surface area contributed by atoms with Crippen molar-refractivity contribution in [3.63, 3.8) is 0 Å². The Bertz CT molecular complexity index is 1270. The van der Waals surface area contributed by atoms with Gasteiger partial charge < -0.3 is 21.1 Å². The Labute approximate surface area is 206 Å². The average Bonchev–Trinajstić information content (AvgIpc) is 3.50. The standard InChI is InChI=1S/C24H27FN8O3/c1-24(9-2-11-31-12-3-10-28-31)20(16(14-26)8-13-32(24)23(35)36)33-15-19(21(27)34)22(30-33)29-18-6-4-17(25)5-7-18/h3-7,10,12,15-16,20H,2,8-9,11,13H2,1H3,(H2,27,34)(H,29,30)(H,35,36)/t16-,20-,24?/m0/s1. The van der Waals surface area contributed by atoms with Crippen LogP contribution in [0, 0.1) is 23.1 Å². The third-order valence-corrected chi connectivity index (χ3v) is 6.71. The van der Waals surface area contributed by atoms with E-state index < -0.39 is 35.3 Å². The first-order valence-corrected chi connectivity index (χ1v) is 11.5. The maximum atomic E-state index is 13.3. The van der Waals surface area contributed by atoms with Crippen molar-refractivity contribution in [3.8, 4) is 6.07 Å². The number of anilines is 2. The molecule has 1 saturated heterocycles. The van der Waals surface area contributed by atoms with Crippen molar-refractivity contribution in [1.29, 1.82) is 5.26 Å². The highest BCUT2D eigenvalue weighted by molar-refractivity contribution is 5.98. The maximum absolute atomic E-state index is 13.3. The zero-order valence-corrected chi connectivity index (χ0v) is 19.7. The first-order valence-electron chi connectivity index (χ1n) is 11.5. The van der Waals surface area contributed by atoms with E-state index in [1.165, 1.54) is 40.0 Å². The van der Waals surface area contributed by atoms with E-state index in [0.717, 1.165) is 0 Å². The predicted molar refractivity (Wildman–Crippen MR) is 128 cm³/mol. The van der Waals surface area contributed by atoms with Gasteiger partial charge in [0.25, 0.3) is 5.91 Å². The van der Waals surface area contributed by atoms with Crippen molar-refractivity contribution in [1.82, 2.24) is 24.5 Å². The lowest BCUT2D eigenvalue weighted by molar-refractivity contribution is -0.00695. The van der Waals surface area contributed by atoms with Crippen molar-refractivity contribution in [2.24, 2.45) is 11.7 Å². The Morgan fingerprint density at radius 1 is 1.36 bits per heavy atom. The van der Waals surface area contributed by atoms with Gasteiger partial charge in [-0.05, 0) is 56.5 Å². The van der Waals surface area contributed by atoms with E-state index in [2.05, 4.69) is 21.6 Å². The van der Waals surface area contributed by atoms with Crippen LogP contribution in [0.5, 0.6) is 0 Å².